The fourth-order valence-corrected chi connectivity index (χ4v) is 7.70. The average Bonchev–Trinajstić information content (AvgIpc) is 3.19. The van der Waals surface area contributed by atoms with E-state index in [1.165, 1.54) is 4.90 Å². The molecule has 5 N–H and O–H groups in total. The minimum Gasteiger partial charge on any atom is -0.494 e. The SMILES string of the molecule is CCC[C@H](NC(=O)[C@@H]1Cc2ccc3cc2CN1C(=O)[C@H](C1CCCCC1)NC(=O)CCCCCCO3)C(=O)C(=O)NCC(=O)N[C@H](C(=O)O)c1ccccc1. The van der Waals surface area contributed by atoms with Crippen LogP contribution in [0.2, 0.25) is 0 Å². The Bertz CT molecular complexity index is 1710. The Kier molecular flexibility index (Phi) is 14.8. The highest BCUT2D eigenvalue weighted by Crippen LogP contribution is 2.32. The zero-order chi connectivity index (χ0) is 39.3. The number of carboxylic acids is 1. The first-order chi connectivity index (χ1) is 26.5. The Labute approximate surface area is 321 Å². The molecule has 5 amide bonds. The Morgan fingerprint density at radius 1 is 0.909 bits per heavy atom. The highest BCUT2D eigenvalue weighted by molar-refractivity contribution is 6.38. The van der Waals surface area contributed by atoms with Crippen LogP contribution in [0.5, 0.6) is 5.75 Å². The molecule has 1 aliphatic carbocycles. The van der Waals surface area contributed by atoms with Crippen LogP contribution >= 0.6 is 0 Å². The van der Waals surface area contributed by atoms with Gasteiger partial charge in [-0.2, -0.15) is 0 Å². The highest BCUT2D eigenvalue weighted by Gasteiger charge is 2.42. The standard InChI is InChI=1S/C41H53N5O9/c1-2-13-31(37(49)39(51)42-24-34(48)45-36(41(53)54)27-16-9-6-10-17-27)43-38(50)32-23-28-19-20-30-22-29(28)25-46(32)40(52)35(26-14-7-5-8-15-26)44-33(47)18-11-3-4-12-21-55-30/h6,9-10,16-17,19-20,22,26,31-32,35-36H,2-5,7-8,11-15,18,21,23-25H2,1H3,(H,42,51)(H,43,50)(H,44,47)(H,45,48)(H,53,54)/t31-,32-,35-,36-/m0/s1. The number of amides is 5. The number of ketones is 1. The number of aliphatic carboxylic acids is 1. The van der Waals surface area contributed by atoms with Gasteiger partial charge in [-0.1, -0.05) is 81.8 Å². The number of ether oxygens (including phenoxy) is 1. The van der Waals surface area contributed by atoms with E-state index in [4.69, 9.17) is 4.74 Å². The van der Waals surface area contributed by atoms with Gasteiger partial charge in [0.25, 0.3) is 5.91 Å². The van der Waals surface area contributed by atoms with E-state index in [9.17, 15) is 38.7 Å². The molecule has 4 atom stereocenters. The minimum absolute atomic E-state index is 0.0855. The molecular weight excluding hydrogens is 706 g/mol. The van der Waals surface area contributed by atoms with Crippen molar-refractivity contribution in [1.29, 1.82) is 0 Å². The second-order valence-corrected chi connectivity index (χ2v) is 14.7. The lowest BCUT2D eigenvalue weighted by Crippen LogP contribution is -2.61. The first-order valence-electron chi connectivity index (χ1n) is 19.6. The third-order valence-corrected chi connectivity index (χ3v) is 10.7. The third-order valence-electron chi connectivity index (χ3n) is 10.7. The summed E-state index contributed by atoms with van der Waals surface area (Å²) in [5, 5.41) is 20.0. The van der Waals surface area contributed by atoms with Crippen LogP contribution in [0.3, 0.4) is 0 Å². The van der Waals surface area contributed by atoms with E-state index >= 15 is 0 Å². The number of rotatable bonds is 12. The van der Waals surface area contributed by atoms with Gasteiger partial charge in [0.2, 0.25) is 29.4 Å². The van der Waals surface area contributed by atoms with Gasteiger partial charge in [0.15, 0.2) is 6.04 Å². The maximum absolute atomic E-state index is 14.7. The van der Waals surface area contributed by atoms with Gasteiger partial charge in [-0.15, -0.1) is 0 Å². The number of hydrogen-bond acceptors (Lipinski definition) is 8. The monoisotopic (exact) mass is 759 g/mol. The molecule has 0 saturated heterocycles. The number of Topliss-reactive ketones (excluding diaryl/α,β-unsaturated/α-hetero) is 1. The summed E-state index contributed by atoms with van der Waals surface area (Å²) in [7, 11) is 0. The van der Waals surface area contributed by atoms with Crippen molar-refractivity contribution >= 4 is 41.3 Å². The fourth-order valence-electron chi connectivity index (χ4n) is 7.70. The van der Waals surface area contributed by atoms with E-state index in [-0.39, 0.29) is 37.1 Å². The van der Waals surface area contributed by atoms with Gasteiger partial charge in [-0.05, 0) is 66.8 Å². The smallest absolute Gasteiger partial charge is 0.330 e. The number of nitrogens with one attached hydrogen (secondary N) is 4. The normalized spacial score (nSPS) is 20.6. The van der Waals surface area contributed by atoms with Crippen LogP contribution in [0.1, 0.15) is 107 Å². The molecule has 3 bridgehead atoms. The van der Waals surface area contributed by atoms with Crippen LogP contribution in [0.4, 0.5) is 0 Å². The first kappa shape index (κ1) is 40.9. The molecule has 2 aromatic rings. The number of hydrogen-bond donors (Lipinski definition) is 5. The number of nitrogens with zero attached hydrogens (tertiary/aromatic N) is 1. The van der Waals surface area contributed by atoms with Gasteiger partial charge in [-0.3, -0.25) is 28.8 Å². The van der Waals surface area contributed by atoms with Crippen molar-refractivity contribution < 1.29 is 43.4 Å². The molecule has 1 saturated carbocycles. The molecule has 1 fully saturated rings. The molecule has 14 heteroatoms. The maximum atomic E-state index is 14.7. The zero-order valence-corrected chi connectivity index (χ0v) is 31.5. The molecule has 0 unspecified atom stereocenters. The van der Waals surface area contributed by atoms with Gasteiger partial charge in [-0.25, -0.2) is 4.79 Å². The molecule has 14 nitrogen and oxygen atoms in total. The van der Waals surface area contributed by atoms with Crippen molar-refractivity contribution in [2.24, 2.45) is 5.92 Å². The maximum Gasteiger partial charge on any atom is 0.330 e. The lowest BCUT2D eigenvalue weighted by Gasteiger charge is -2.40. The van der Waals surface area contributed by atoms with Crippen LogP contribution < -0.4 is 26.0 Å². The Hall–Kier alpha value is -5.27. The van der Waals surface area contributed by atoms with Gasteiger partial charge in [0, 0.05) is 19.4 Å². The number of carbonyl (C=O) groups is 7. The van der Waals surface area contributed by atoms with E-state index < -0.39 is 60.2 Å². The molecule has 296 valence electrons. The molecule has 0 aromatic heterocycles. The van der Waals surface area contributed by atoms with E-state index in [2.05, 4.69) is 21.3 Å². The summed E-state index contributed by atoms with van der Waals surface area (Å²) in [6, 6.07) is 9.19. The number of fused-ring (bicyclic) bond motifs is 2. The van der Waals surface area contributed by atoms with Crippen LogP contribution in [-0.2, 0) is 46.5 Å². The van der Waals surface area contributed by atoms with Crippen LogP contribution in [0, 0.1) is 5.92 Å². The molecule has 2 aliphatic heterocycles. The van der Waals surface area contributed by atoms with E-state index in [0.717, 1.165) is 62.5 Å². The van der Waals surface area contributed by atoms with Crippen LogP contribution in [-0.4, -0.2) is 82.6 Å². The van der Waals surface area contributed by atoms with Crippen molar-refractivity contribution in [2.75, 3.05) is 13.2 Å². The molecule has 0 spiro atoms. The van der Waals surface area contributed by atoms with E-state index in [1.807, 2.05) is 18.2 Å². The Morgan fingerprint density at radius 2 is 1.64 bits per heavy atom. The van der Waals surface area contributed by atoms with Gasteiger partial charge in [0.05, 0.1) is 19.2 Å². The lowest BCUT2D eigenvalue weighted by atomic mass is 9.82. The number of benzene rings is 2. The Balaban J connectivity index is 1.33. The summed E-state index contributed by atoms with van der Waals surface area (Å²) in [6.07, 6.45) is 8.78. The lowest BCUT2D eigenvalue weighted by molar-refractivity contribution is -0.147. The summed E-state index contributed by atoms with van der Waals surface area (Å²) >= 11 is 0. The predicted octanol–water partition coefficient (Wildman–Crippen LogP) is 3.26. The van der Waals surface area contributed by atoms with Crippen molar-refractivity contribution in [3.05, 3.63) is 65.2 Å². The number of carbonyl (C=O) groups excluding carboxylic acids is 6. The molecule has 3 aliphatic rings. The van der Waals surface area contributed by atoms with Crippen molar-refractivity contribution in [3.8, 4) is 5.75 Å². The average molecular weight is 760 g/mol. The summed E-state index contributed by atoms with van der Waals surface area (Å²) in [6.45, 7) is 1.72. The molecule has 2 heterocycles. The van der Waals surface area contributed by atoms with Crippen molar-refractivity contribution in [3.63, 3.8) is 0 Å². The van der Waals surface area contributed by atoms with Gasteiger partial charge < -0.3 is 36.0 Å². The minimum atomic E-state index is -1.37. The molecule has 5 rings (SSSR count). The van der Waals surface area contributed by atoms with Crippen molar-refractivity contribution in [2.45, 2.75) is 121 Å². The zero-order valence-electron chi connectivity index (χ0n) is 31.5. The van der Waals surface area contributed by atoms with Gasteiger partial charge in [0.1, 0.15) is 17.8 Å². The Morgan fingerprint density at radius 3 is 2.36 bits per heavy atom. The highest BCUT2D eigenvalue weighted by atomic mass is 16.5. The summed E-state index contributed by atoms with van der Waals surface area (Å²) in [4.78, 5) is 94.6. The molecule has 2 aromatic carbocycles. The topological polar surface area (TPSA) is 200 Å². The van der Waals surface area contributed by atoms with E-state index in [0.29, 0.717) is 37.2 Å². The van der Waals surface area contributed by atoms with Crippen molar-refractivity contribution in [1.82, 2.24) is 26.2 Å². The second kappa shape index (κ2) is 19.9. The molecule has 0 radical (unpaired) electrons. The quantitative estimate of drug-likeness (QED) is 0.202. The summed E-state index contributed by atoms with van der Waals surface area (Å²) in [5.41, 5.74) is 2.00. The molecular formula is C41H53N5O9. The van der Waals surface area contributed by atoms with Crippen LogP contribution in [0.25, 0.3) is 0 Å². The number of carboxylic acid groups (broad SMARTS) is 1. The third kappa shape index (κ3) is 11.1. The summed E-state index contributed by atoms with van der Waals surface area (Å²) < 4.78 is 6.02. The first-order valence-corrected chi connectivity index (χ1v) is 19.6. The molecule has 55 heavy (non-hydrogen) atoms. The summed E-state index contributed by atoms with van der Waals surface area (Å²) in [5.74, 6) is -4.81. The predicted molar refractivity (Wildman–Crippen MR) is 201 cm³/mol. The van der Waals surface area contributed by atoms with E-state index in [1.54, 1.807) is 37.3 Å². The second-order valence-electron chi connectivity index (χ2n) is 14.7. The van der Waals surface area contributed by atoms with Crippen LogP contribution in [0.15, 0.2) is 48.5 Å². The largest absolute Gasteiger partial charge is 0.494 e. The fraction of sp³-hybridized carbons (Fsp3) is 0.537. The van der Waals surface area contributed by atoms with Gasteiger partial charge >= 0.3 is 5.97 Å².